The Morgan fingerprint density at radius 1 is 1.19 bits per heavy atom. The molecule has 3 amide bonds. The molecule has 0 saturated heterocycles. The molecule has 0 aliphatic carbocycles. The lowest BCUT2D eigenvalue weighted by Gasteiger charge is -2.26. The summed E-state index contributed by atoms with van der Waals surface area (Å²) in [7, 11) is 2.74. The van der Waals surface area contributed by atoms with Crippen LogP contribution < -0.4 is 31.4 Å². The highest BCUT2D eigenvalue weighted by Crippen LogP contribution is 2.30. The molecule has 0 radical (unpaired) electrons. The van der Waals surface area contributed by atoms with E-state index in [0.717, 1.165) is 13.7 Å². The Balaban J connectivity index is 1.40. The minimum Gasteiger partial charge on any atom is -0.486 e. The molecule has 0 spiro atoms. The monoisotopic (exact) mass is 462 g/mol. The minimum absolute atomic E-state index is 0.0263. The number of hydrogen-bond donors (Lipinski definition) is 2. The number of carbonyl (C=O) groups excluding carboxylic acids is 2. The Hall–Kier alpha value is -3.80. The largest absolute Gasteiger partial charge is 0.486 e. The maximum atomic E-state index is 12.5. The number of nitrogens with zero attached hydrogens (tertiary/aromatic N) is 4. The highest BCUT2D eigenvalue weighted by atomic mass is 35.5. The molecule has 2 N–H and O–H groups in total. The molecule has 168 valence electrons. The molecular formula is C19H19ClN6O6. The first-order valence-electron chi connectivity index (χ1n) is 9.54. The van der Waals surface area contributed by atoms with E-state index in [9.17, 15) is 19.2 Å². The number of nitrogens with one attached hydrogen (secondary N) is 2. The van der Waals surface area contributed by atoms with E-state index in [4.69, 9.17) is 21.1 Å². The van der Waals surface area contributed by atoms with Gasteiger partial charge in [0.2, 0.25) is 11.2 Å². The van der Waals surface area contributed by atoms with E-state index in [-0.39, 0.29) is 29.6 Å². The van der Waals surface area contributed by atoms with Gasteiger partial charge in [0.15, 0.2) is 28.8 Å². The lowest BCUT2D eigenvalue weighted by Crippen LogP contribution is -2.46. The normalized spacial score (nSPS) is 14.9. The van der Waals surface area contributed by atoms with Crippen LogP contribution in [0.25, 0.3) is 11.2 Å². The summed E-state index contributed by atoms with van der Waals surface area (Å²) in [6.45, 7) is -0.110. The van der Waals surface area contributed by atoms with Gasteiger partial charge in [-0.15, -0.1) is 0 Å². The van der Waals surface area contributed by atoms with Gasteiger partial charge in [-0.3, -0.25) is 28.6 Å². The number of hydrogen-bond acceptors (Lipinski definition) is 7. The van der Waals surface area contributed by atoms with E-state index >= 15 is 0 Å². The molecule has 3 heterocycles. The number of para-hydroxylation sites is 2. The molecule has 32 heavy (non-hydrogen) atoms. The Morgan fingerprint density at radius 2 is 1.91 bits per heavy atom. The number of amides is 3. The molecule has 0 saturated carbocycles. The van der Waals surface area contributed by atoms with Gasteiger partial charge >= 0.3 is 11.7 Å². The van der Waals surface area contributed by atoms with E-state index in [0.29, 0.717) is 11.5 Å². The fraction of sp³-hybridized carbons (Fsp3) is 0.316. The standard InChI is InChI=1S/C19H19ClN6O6/c1-24-15-14(16(28)25(2)19(24)30)26(17(20)23-15)8-13(27)22-18(29)21-7-10-9-31-11-5-3-4-6-12(11)32-10/h3-6,10H,7-9H2,1-2H3,(H2,21,22,27,29). The zero-order valence-corrected chi connectivity index (χ0v) is 17.9. The molecule has 1 unspecified atom stereocenters. The maximum Gasteiger partial charge on any atom is 0.332 e. The summed E-state index contributed by atoms with van der Waals surface area (Å²) in [5, 5.41) is 4.53. The lowest BCUT2D eigenvalue weighted by atomic mass is 10.2. The molecule has 1 atom stereocenters. The van der Waals surface area contributed by atoms with Crippen molar-refractivity contribution in [3.8, 4) is 11.5 Å². The average molecular weight is 463 g/mol. The summed E-state index contributed by atoms with van der Waals surface area (Å²) in [5.74, 6) is 0.460. The van der Waals surface area contributed by atoms with Gasteiger partial charge < -0.3 is 14.8 Å². The minimum atomic E-state index is -0.752. The fourth-order valence-corrected chi connectivity index (χ4v) is 3.51. The second kappa shape index (κ2) is 8.38. The third-order valence-corrected chi connectivity index (χ3v) is 5.20. The van der Waals surface area contributed by atoms with Crippen LogP contribution in [-0.4, -0.2) is 49.9 Å². The molecular weight excluding hydrogens is 444 g/mol. The third-order valence-electron chi connectivity index (χ3n) is 4.91. The summed E-state index contributed by atoms with van der Waals surface area (Å²) in [5.41, 5.74) is -1.23. The summed E-state index contributed by atoms with van der Waals surface area (Å²) >= 11 is 6.08. The number of ether oxygens (including phenoxy) is 2. The fourth-order valence-electron chi connectivity index (χ4n) is 3.29. The first-order chi connectivity index (χ1) is 15.3. The van der Waals surface area contributed by atoms with Crippen molar-refractivity contribution in [1.29, 1.82) is 0 Å². The number of halogens is 1. The quantitative estimate of drug-likeness (QED) is 0.510. The van der Waals surface area contributed by atoms with Gasteiger partial charge in [0.05, 0.1) is 6.54 Å². The van der Waals surface area contributed by atoms with Gasteiger partial charge in [0.25, 0.3) is 5.56 Å². The molecule has 1 aliphatic heterocycles. The van der Waals surface area contributed by atoms with Crippen molar-refractivity contribution in [2.24, 2.45) is 14.1 Å². The predicted octanol–water partition coefficient (Wildman–Crippen LogP) is -0.247. The van der Waals surface area contributed by atoms with Crippen LogP contribution in [0, 0.1) is 0 Å². The molecule has 0 bridgehead atoms. The highest BCUT2D eigenvalue weighted by Gasteiger charge is 2.23. The van der Waals surface area contributed by atoms with E-state index in [1.165, 1.54) is 14.1 Å². The second-order valence-corrected chi connectivity index (χ2v) is 7.44. The zero-order chi connectivity index (χ0) is 23.0. The van der Waals surface area contributed by atoms with Gasteiger partial charge in [-0.05, 0) is 23.7 Å². The van der Waals surface area contributed by atoms with Gasteiger partial charge in [0.1, 0.15) is 13.2 Å². The summed E-state index contributed by atoms with van der Waals surface area (Å²) in [6, 6.07) is 6.41. The van der Waals surface area contributed by atoms with Crippen LogP contribution in [-0.2, 0) is 25.4 Å². The summed E-state index contributed by atoms with van der Waals surface area (Å²) in [6.07, 6.45) is -0.429. The van der Waals surface area contributed by atoms with E-state index < -0.39 is 35.8 Å². The molecule has 0 fully saturated rings. The van der Waals surface area contributed by atoms with Gasteiger partial charge in [0, 0.05) is 14.1 Å². The Labute approximate surface area is 185 Å². The number of imidazole rings is 1. The average Bonchev–Trinajstić information content (AvgIpc) is 3.10. The van der Waals surface area contributed by atoms with E-state index in [1.54, 1.807) is 18.2 Å². The number of carbonyl (C=O) groups is 2. The zero-order valence-electron chi connectivity index (χ0n) is 17.1. The van der Waals surface area contributed by atoms with Crippen LogP contribution in [0.15, 0.2) is 33.9 Å². The van der Waals surface area contributed by atoms with Crippen molar-refractivity contribution in [1.82, 2.24) is 29.3 Å². The van der Waals surface area contributed by atoms with E-state index in [2.05, 4.69) is 15.6 Å². The molecule has 12 nitrogen and oxygen atoms in total. The van der Waals surface area contributed by atoms with Gasteiger partial charge in [-0.2, -0.15) is 4.98 Å². The van der Waals surface area contributed by atoms with Crippen molar-refractivity contribution >= 4 is 34.7 Å². The Kier molecular flexibility index (Phi) is 5.61. The SMILES string of the molecule is Cn1c(=O)c2c(nc(Cl)n2CC(=O)NC(=O)NCC2COc3ccccc3O2)n(C)c1=O. The van der Waals surface area contributed by atoms with Crippen LogP contribution in [0.1, 0.15) is 0 Å². The van der Waals surface area contributed by atoms with Crippen LogP contribution in [0.3, 0.4) is 0 Å². The summed E-state index contributed by atoms with van der Waals surface area (Å²) in [4.78, 5) is 53.0. The van der Waals surface area contributed by atoms with Crippen LogP contribution in [0.5, 0.6) is 11.5 Å². The molecule has 2 aromatic heterocycles. The highest BCUT2D eigenvalue weighted by molar-refractivity contribution is 6.29. The number of benzene rings is 1. The number of imide groups is 1. The number of urea groups is 1. The van der Waals surface area contributed by atoms with Crippen molar-refractivity contribution < 1.29 is 19.1 Å². The van der Waals surface area contributed by atoms with Crippen LogP contribution in [0.2, 0.25) is 5.28 Å². The number of aryl methyl sites for hydroxylation is 1. The molecule has 3 aromatic rings. The first-order valence-corrected chi connectivity index (χ1v) is 9.92. The second-order valence-electron chi connectivity index (χ2n) is 7.10. The molecule has 1 aliphatic rings. The Morgan fingerprint density at radius 3 is 2.66 bits per heavy atom. The lowest BCUT2D eigenvalue weighted by molar-refractivity contribution is -0.120. The third kappa shape index (κ3) is 3.91. The van der Waals surface area contributed by atoms with Crippen molar-refractivity contribution in [3.63, 3.8) is 0 Å². The molecule has 13 heteroatoms. The first kappa shape index (κ1) is 21.4. The number of rotatable bonds is 4. The Bertz CT molecular complexity index is 1340. The van der Waals surface area contributed by atoms with Gasteiger partial charge in [-0.25, -0.2) is 9.59 Å². The summed E-state index contributed by atoms with van der Waals surface area (Å²) < 4.78 is 14.5. The number of aromatic nitrogens is 4. The van der Waals surface area contributed by atoms with E-state index in [1.807, 2.05) is 6.07 Å². The van der Waals surface area contributed by atoms with Crippen molar-refractivity contribution in [3.05, 3.63) is 50.4 Å². The molecule has 1 aromatic carbocycles. The van der Waals surface area contributed by atoms with Crippen molar-refractivity contribution in [2.75, 3.05) is 13.2 Å². The topological polar surface area (TPSA) is 138 Å². The number of fused-ring (bicyclic) bond motifs is 2. The van der Waals surface area contributed by atoms with Gasteiger partial charge in [-0.1, -0.05) is 12.1 Å². The predicted molar refractivity (Wildman–Crippen MR) is 113 cm³/mol. The van der Waals surface area contributed by atoms with Crippen molar-refractivity contribution in [2.45, 2.75) is 12.6 Å². The maximum absolute atomic E-state index is 12.5. The van der Waals surface area contributed by atoms with Crippen LogP contribution in [0.4, 0.5) is 4.79 Å². The molecule has 4 rings (SSSR count). The smallest absolute Gasteiger partial charge is 0.332 e. The van der Waals surface area contributed by atoms with Crippen LogP contribution >= 0.6 is 11.6 Å².